The van der Waals surface area contributed by atoms with Crippen LogP contribution in [-0.4, -0.2) is 48.8 Å². The van der Waals surface area contributed by atoms with Crippen LogP contribution in [0, 0.1) is 11.6 Å². The highest BCUT2D eigenvalue weighted by Gasteiger charge is 2.29. The van der Waals surface area contributed by atoms with Crippen molar-refractivity contribution in [2.24, 2.45) is 0 Å². The Kier molecular flexibility index (Phi) is 5.33. The van der Waals surface area contributed by atoms with Gasteiger partial charge in [-0.05, 0) is 29.8 Å². The third-order valence-electron chi connectivity index (χ3n) is 4.05. The Hall–Kier alpha value is -1.61. The zero-order valence-corrected chi connectivity index (χ0v) is 14.8. The van der Waals surface area contributed by atoms with Gasteiger partial charge >= 0.3 is 0 Å². The molecule has 2 heterocycles. The molecule has 134 valence electrons. The second-order valence-corrected chi connectivity index (χ2v) is 8.07. The predicted octanol–water partition coefficient (Wildman–Crippen LogP) is 2.52. The highest BCUT2D eigenvalue weighted by molar-refractivity contribution is 7.89. The van der Waals surface area contributed by atoms with E-state index in [4.69, 9.17) is 11.6 Å². The largest absolute Gasteiger partial charge is 0.296 e. The molecule has 1 aliphatic rings. The first-order chi connectivity index (χ1) is 11.9. The van der Waals surface area contributed by atoms with Crippen LogP contribution in [0.1, 0.15) is 5.56 Å². The molecule has 9 heteroatoms. The molecule has 0 unspecified atom stereocenters. The number of benzene rings is 1. The third-order valence-corrected chi connectivity index (χ3v) is 6.17. The summed E-state index contributed by atoms with van der Waals surface area (Å²) in [5, 5.41) is 0.422. The molecule has 3 rings (SSSR count). The molecular formula is C16H16ClF2N3O2S. The van der Waals surface area contributed by atoms with E-state index >= 15 is 0 Å². The summed E-state index contributed by atoms with van der Waals surface area (Å²) in [6.07, 6.45) is 1.69. The Bertz CT molecular complexity index is 854. The molecule has 0 N–H and O–H groups in total. The SMILES string of the molecule is O=S(=O)(c1ccc(F)c(F)c1)N1CCN(Cc2ccc(Cl)nc2)CC1. The highest BCUT2D eigenvalue weighted by atomic mass is 35.5. The minimum Gasteiger partial charge on any atom is -0.296 e. The zero-order valence-electron chi connectivity index (χ0n) is 13.2. The maximum absolute atomic E-state index is 13.3. The second kappa shape index (κ2) is 7.33. The summed E-state index contributed by atoms with van der Waals surface area (Å²) >= 11 is 5.75. The number of nitrogens with zero attached hydrogens (tertiary/aromatic N) is 3. The van der Waals surface area contributed by atoms with Crippen molar-refractivity contribution in [3.05, 3.63) is 58.9 Å². The Morgan fingerprint density at radius 1 is 1.04 bits per heavy atom. The molecule has 0 atom stereocenters. The lowest BCUT2D eigenvalue weighted by Gasteiger charge is -2.33. The summed E-state index contributed by atoms with van der Waals surface area (Å²) in [5.74, 6) is -2.24. The van der Waals surface area contributed by atoms with Gasteiger partial charge in [-0.1, -0.05) is 17.7 Å². The molecular weight excluding hydrogens is 372 g/mol. The molecule has 25 heavy (non-hydrogen) atoms. The van der Waals surface area contributed by atoms with Crippen LogP contribution in [-0.2, 0) is 16.6 Å². The first-order valence-electron chi connectivity index (χ1n) is 7.64. The van der Waals surface area contributed by atoms with Gasteiger partial charge in [0.05, 0.1) is 4.90 Å². The maximum Gasteiger partial charge on any atom is 0.243 e. The summed E-state index contributed by atoms with van der Waals surface area (Å²) in [4.78, 5) is 5.89. The Balaban J connectivity index is 1.64. The minimum atomic E-state index is -3.83. The number of piperazine rings is 1. The van der Waals surface area contributed by atoms with Crippen molar-refractivity contribution in [1.82, 2.24) is 14.2 Å². The summed E-state index contributed by atoms with van der Waals surface area (Å²) in [6.45, 7) is 2.27. The number of hydrogen-bond acceptors (Lipinski definition) is 4. The van der Waals surface area contributed by atoms with E-state index in [9.17, 15) is 17.2 Å². The number of aromatic nitrogens is 1. The van der Waals surface area contributed by atoms with Crippen molar-refractivity contribution in [2.45, 2.75) is 11.4 Å². The fraction of sp³-hybridized carbons (Fsp3) is 0.312. The first-order valence-corrected chi connectivity index (χ1v) is 9.46. The van der Waals surface area contributed by atoms with Gasteiger partial charge in [-0.2, -0.15) is 4.31 Å². The van der Waals surface area contributed by atoms with Gasteiger partial charge in [0.1, 0.15) is 5.15 Å². The lowest BCUT2D eigenvalue weighted by Crippen LogP contribution is -2.48. The summed E-state index contributed by atoms with van der Waals surface area (Å²) in [7, 11) is -3.83. The Morgan fingerprint density at radius 3 is 2.36 bits per heavy atom. The molecule has 1 saturated heterocycles. The van der Waals surface area contributed by atoms with E-state index in [1.807, 2.05) is 6.07 Å². The van der Waals surface area contributed by atoms with Crippen molar-refractivity contribution < 1.29 is 17.2 Å². The fourth-order valence-corrected chi connectivity index (χ4v) is 4.22. The standard InChI is InChI=1S/C16H16ClF2N3O2S/c17-16-4-1-12(10-20-16)11-21-5-7-22(8-6-21)25(23,24)13-2-3-14(18)15(19)9-13/h1-4,9-10H,5-8,11H2. The number of pyridine rings is 1. The molecule has 0 saturated carbocycles. The molecule has 0 amide bonds. The van der Waals surface area contributed by atoms with Crippen LogP contribution >= 0.6 is 11.6 Å². The molecule has 1 aliphatic heterocycles. The van der Waals surface area contributed by atoms with E-state index in [2.05, 4.69) is 9.88 Å². The van der Waals surface area contributed by atoms with Crippen LogP contribution in [0.5, 0.6) is 0 Å². The fourth-order valence-electron chi connectivity index (χ4n) is 2.67. The van der Waals surface area contributed by atoms with Gasteiger partial charge in [-0.3, -0.25) is 4.90 Å². The van der Waals surface area contributed by atoms with E-state index in [1.54, 1.807) is 12.3 Å². The van der Waals surface area contributed by atoms with E-state index in [0.29, 0.717) is 24.8 Å². The summed E-state index contributed by atoms with van der Waals surface area (Å²) in [6, 6.07) is 6.21. The molecule has 5 nitrogen and oxygen atoms in total. The normalized spacial score (nSPS) is 16.9. The maximum atomic E-state index is 13.3. The van der Waals surface area contributed by atoms with E-state index in [1.165, 1.54) is 4.31 Å². The average Bonchev–Trinajstić information content (AvgIpc) is 2.60. The van der Waals surface area contributed by atoms with Gasteiger partial charge in [0.2, 0.25) is 10.0 Å². The highest BCUT2D eigenvalue weighted by Crippen LogP contribution is 2.20. The van der Waals surface area contributed by atoms with Crippen LogP contribution in [0.2, 0.25) is 5.15 Å². The van der Waals surface area contributed by atoms with Crippen LogP contribution < -0.4 is 0 Å². The van der Waals surface area contributed by atoms with Crippen molar-refractivity contribution >= 4 is 21.6 Å². The van der Waals surface area contributed by atoms with Gasteiger partial charge < -0.3 is 0 Å². The third kappa shape index (κ3) is 4.14. The Labute approximate surface area is 149 Å². The molecule has 0 bridgehead atoms. The van der Waals surface area contributed by atoms with E-state index in [-0.39, 0.29) is 18.0 Å². The van der Waals surface area contributed by atoms with Gasteiger partial charge in [0.25, 0.3) is 0 Å². The second-order valence-electron chi connectivity index (χ2n) is 5.75. The topological polar surface area (TPSA) is 53.5 Å². The summed E-state index contributed by atoms with van der Waals surface area (Å²) < 4.78 is 52.7. The van der Waals surface area contributed by atoms with E-state index in [0.717, 1.165) is 23.8 Å². The van der Waals surface area contributed by atoms with Crippen molar-refractivity contribution in [2.75, 3.05) is 26.2 Å². The lowest BCUT2D eigenvalue weighted by atomic mass is 10.2. The van der Waals surface area contributed by atoms with Crippen molar-refractivity contribution in [1.29, 1.82) is 0 Å². The number of sulfonamides is 1. The molecule has 0 aliphatic carbocycles. The molecule has 1 aromatic carbocycles. The minimum absolute atomic E-state index is 0.234. The van der Waals surface area contributed by atoms with Crippen LogP contribution in [0.4, 0.5) is 8.78 Å². The van der Waals surface area contributed by atoms with Crippen molar-refractivity contribution in [3.8, 4) is 0 Å². The lowest BCUT2D eigenvalue weighted by molar-refractivity contribution is 0.181. The van der Waals surface area contributed by atoms with E-state index < -0.39 is 21.7 Å². The molecule has 1 aromatic heterocycles. The van der Waals surface area contributed by atoms with Crippen LogP contribution in [0.3, 0.4) is 0 Å². The number of hydrogen-bond donors (Lipinski definition) is 0. The van der Waals surface area contributed by atoms with Crippen LogP contribution in [0.25, 0.3) is 0 Å². The van der Waals surface area contributed by atoms with Gasteiger partial charge in [0.15, 0.2) is 11.6 Å². The first kappa shape index (κ1) is 18.2. The monoisotopic (exact) mass is 387 g/mol. The molecule has 2 aromatic rings. The smallest absolute Gasteiger partial charge is 0.243 e. The molecule has 0 radical (unpaired) electrons. The van der Waals surface area contributed by atoms with Gasteiger partial charge in [-0.25, -0.2) is 22.2 Å². The van der Waals surface area contributed by atoms with Crippen molar-refractivity contribution in [3.63, 3.8) is 0 Å². The predicted molar refractivity (Wildman–Crippen MR) is 89.6 cm³/mol. The van der Waals surface area contributed by atoms with Crippen LogP contribution in [0.15, 0.2) is 41.4 Å². The molecule has 0 spiro atoms. The number of rotatable bonds is 4. The Morgan fingerprint density at radius 2 is 1.76 bits per heavy atom. The van der Waals surface area contributed by atoms with Gasteiger partial charge in [0, 0.05) is 38.9 Å². The quantitative estimate of drug-likeness (QED) is 0.756. The van der Waals surface area contributed by atoms with Gasteiger partial charge in [-0.15, -0.1) is 0 Å². The number of halogens is 3. The zero-order chi connectivity index (χ0) is 18.0. The average molecular weight is 388 g/mol. The molecule has 1 fully saturated rings. The summed E-state index contributed by atoms with van der Waals surface area (Å²) in [5.41, 5.74) is 0.987.